The number of esters is 1. The van der Waals surface area contributed by atoms with Gasteiger partial charge in [-0.15, -0.1) is 0 Å². The summed E-state index contributed by atoms with van der Waals surface area (Å²) >= 11 is 6.31. The van der Waals surface area contributed by atoms with E-state index in [1.807, 2.05) is 13.8 Å². The van der Waals surface area contributed by atoms with E-state index in [2.05, 4.69) is 4.98 Å². The highest BCUT2D eigenvalue weighted by molar-refractivity contribution is 6.32. The molecule has 0 saturated carbocycles. The van der Waals surface area contributed by atoms with Crippen molar-refractivity contribution in [3.05, 3.63) is 27.5 Å². The first-order valence-electron chi connectivity index (χ1n) is 8.35. The molecule has 25 heavy (non-hydrogen) atoms. The Morgan fingerprint density at radius 3 is 2.52 bits per heavy atom. The van der Waals surface area contributed by atoms with E-state index in [4.69, 9.17) is 21.1 Å². The number of halogens is 1. The summed E-state index contributed by atoms with van der Waals surface area (Å²) in [5, 5.41) is 0.583. The zero-order valence-corrected chi connectivity index (χ0v) is 16.4. The SMILES string of the molecule is CCOC(=O)CC1c2nc(C)c(Cl)c(C)c2CN1C(=O)OC(C)(C)C. The smallest absolute Gasteiger partial charge is 0.411 e. The number of carbonyl (C=O) groups excluding carboxylic acids is 2. The van der Waals surface area contributed by atoms with Crippen molar-refractivity contribution in [3.63, 3.8) is 0 Å². The topological polar surface area (TPSA) is 68.7 Å². The molecular weight excluding hydrogens is 344 g/mol. The molecule has 2 rings (SSSR count). The first-order chi connectivity index (χ1) is 11.5. The number of nitrogens with zero attached hydrogens (tertiary/aromatic N) is 2. The zero-order chi connectivity index (χ0) is 18.9. The van der Waals surface area contributed by atoms with Crippen LogP contribution in [0.15, 0.2) is 0 Å². The average molecular weight is 369 g/mol. The molecular formula is C18H25ClN2O4. The van der Waals surface area contributed by atoms with Crippen LogP contribution in [-0.2, 0) is 20.8 Å². The fourth-order valence-electron chi connectivity index (χ4n) is 2.89. The molecule has 0 fully saturated rings. The van der Waals surface area contributed by atoms with E-state index in [0.29, 0.717) is 23.0 Å². The Labute approximate surface area is 153 Å². The summed E-state index contributed by atoms with van der Waals surface area (Å²) in [7, 11) is 0. The van der Waals surface area contributed by atoms with Crippen molar-refractivity contribution in [1.82, 2.24) is 9.88 Å². The van der Waals surface area contributed by atoms with Gasteiger partial charge in [0.2, 0.25) is 0 Å². The number of carbonyl (C=O) groups is 2. The van der Waals surface area contributed by atoms with Crippen molar-refractivity contribution in [2.75, 3.05) is 6.61 Å². The minimum atomic E-state index is -0.629. The predicted octanol–water partition coefficient (Wildman–Crippen LogP) is 4.10. The van der Waals surface area contributed by atoms with Crippen LogP contribution in [0.25, 0.3) is 0 Å². The van der Waals surface area contributed by atoms with Crippen LogP contribution in [0.4, 0.5) is 4.79 Å². The summed E-state index contributed by atoms with van der Waals surface area (Å²) in [6.07, 6.45) is -0.443. The van der Waals surface area contributed by atoms with Gasteiger partial charge in [-0.3, -0.25) is 14.7 Å². The summed E-state index contributed by atoms with van der Waals surface area (Å²) < 4.78 is 10.6. The third kappa shape index (κ3) is 4.24. The van der Waals surface area contributed by atoms with E-state index in [-0.39, 0.29) is 19.0 Å². The van der Waals surface area contributed by atoms with E-state index < -0.39 is 17.7 Å². The van der Waals surface area contributed by atoms with Gasteiger partial charge in [-0.1, -0.05) is 11.6 Å². The third-order valence-electron chi connectivity index (χ3n) is 4.01. The quantitative estimate of drug-likeness (QED) is 0.751. The Bertz CT molecular complexity index is 697. The molecule has 1 amide bonds. The summed E-state index contributed by atoms with van der Waals surface area (Å²) in [4.78, 5) is 30.8. The van der Waals surface area contributed by atoms with Gasteiger partial charge in [0.15, 0.2) is 0 Å². The molecule has 1 aromatic heterocycles. The fraction of sp³-hybridized carbons (Fsp3) is 0.611. The van der Waals surface area contributed by atoms with Crippen LogP contribution < -0.4 is 0 Å². The van der Waals surface area contributed by atoms with Gasteiger partial charge in [-0.05, 0) is 52.7 Å². The molecule has 0 bridgehead atoms. The van der Waals surface area contributed by atoms with Crippen LogP contribution in [0.2, 0.25) is 5.02 Å². The number of ether oxygens (including phenoxy) is 2. The highest BCUT2D eigenvalue weighted by Crippen LogP contribution is 2.40. The standard InChI is InChI=1S/C18H25ClN2O4/c1-7-24-14(22)8-13-16-12(10(2)15(19)11(3)20-16)9-21(13)17(23)25-18(4,5)6/h13H,7-9H2,1-6H3. The van der Waals surface area contributed by atoms with Crippen LogP contribution in [0.5, 0.6) is 0 Å². The molecule has 7 heteroatoms. The summed E-state index contributed by atoms with van der Waals surface area (Å²) in [6.45, 7) is 11.5. The van der Waals surface area contributed by atoms with E-state index in [0.717, 1.165) is 11.1 Å². The lowest BCUT2D eigenvalue weighted by Crippen LogP contribution is -2.36. The molecule has 2 heterocycles. The lowest BCUT2D eigenvalue weighted by Gasteiger charge is -2.28. The maximum absolute atomic E-state index is 12.7. The van der Waals surface area contributed by atoms with Gasteiger partial charge >= 0.3 is 12.1 Å². The largest absolute Gasteiger partial charge is 0.466 e. The minimum Gasteiger partial charge on any atom is -0.466 e. The number of aromatic nitrogens is 1. The number of aryl methyl sites for hydroxylation is 1. The molecule has 0 saturated heterocycles. The second-order valence-electron chi connectivity index (χ2n) is 7.13. The van der Waals surface area contributed by atoms with Crippen LogP contribution in [-0.4, -0.2) is 34.2 Å². The van der Waals surface area contributed by atoms with Crippen molar-refractivity contribution in [3.8, 4) is 0 Å². The monoisotopic (exact) mass is 368 g/mol. The molecule has 1 aliphatic heterocycles. The highest BCUT2D eigenvalue weighted by Gasteiger charge is 2.40. The molecule has 1 atom stereocenters. The number of hydrogen-bond acceptors (Lipinski definition) is 5. The number of hydrogen-bond donors (Lipinski definition) is 0. The minimum absolute atomic E-state index is 0.0353. The number of pyridine rings is 1. The molecule has 138 valence electrons. The summed E-state index contributed by atoms with van der Waals surface area (Å²) in [6, 6.07) is -0.515. The number of amides is 1. The van der Waals surface area contributed by atoms with E-state index in [9.17, 15) is 9.59 Å². The van der Waals surface area contributed by atoms with Gasteiger partial charge < -0.3 is 9.47 Å². The van der Waals surface area contributed by atoms with Gasteiger partial charge in [0, 0.05) is 0 Å². The molecule has 1 aliphatic rings. The van der Waals surface area contributed by atoms with Crippen molar-refractivity contribution in [2.45, 2.75) is 66.2 Å². The van der Waals surface area contributed by atoms with Crippen molar-refractivity contribution in [1.29, 1.82) is 0 Å². The molecule has 0 aromatic carbocycles. The van der Waals surface area contributed by atoms with E-state index in [1.165, 1.54) is 4.90 Å². The van der Waals surface area contributed by atoms with Crippen LogP contribution in [0, 0.1) is 13.8 Å². The van der Waals surface area contributed by atoms with Crippen LogP contribution >= 0.6 is 11.6 Å². The molecule has 1 unspecified atom stereocenters. The Morgan fingerprint density at radius 1 is 1.32 bits per heavy atom. The van der Waals surface area contributed by atoms with Crippen molar-refractivity contribution < 1.29 is 19.1 Å². The predicted molar refractivity (Wildman–Crippen MR) is 94.5 cm³/mol. The lowest BCUT2D eigenvalue weighted by molar-refractivity contribution is -0.144. The zero-order valence-electron chi connectivity index (χ0n) is 15.6. The van der Waals surface area contributed by atoms with Gasteiger partial charge in [0.05, 0.1) is 42.0 Å². The maximum atomic E-state index is 12.7. The van der Waals surface area contributed by atoms with Crippen LogP contribution in [0.3, 0.4) is 0 Å². The first kappa shape index (κ1) is 19.5. The second-order valence-corrected chi connectivity index (χ2v) is 7.51. The molecule has 0 radical (unpaired) electrons. The van der Waals surface area contributed by atoms with E-state index >= 15 is 0 Å². The van der Waals surface area contributed by atoms with Crippen LogP contribution in [0.1, 0.15) is 62.7 Å². The van der Waals surface area contributed by atoms with E-state index in [1.54, 1.807) is 27.7 Å². The average Bonchev–Trinajstić information content (AvgIpc) is 2.82. The summed E-state index contributed by atoms with van der Waals surface area (Å²) in [5.41, 5.74) is 2.49. The van der Waals surface area contributed by atoms with Crippen molar-refractivity contribution >= 4 is 23.7 Å². The third-order valence-corrected chi connectivity index (χ3v) is 4.57. The normalized spacial score (nSPS) is 16.6. The number of rotatable bonds is 3. The lowest BCUT2D eigenvalue weighted by atomic mass is 10.0. The molecule has 0 N–H and O–H groups in total. The highest BCUT2D eigenvalue weighted by atomic mass is 35.5. The fourth-order valence-corrected chi connectivity index (χ4v) is 3.05. The summed E-state index contributed by atoms with van der Waals surface area (Å²) in [5.74, 6) is -0.374. The van der Waals surface area contributed by atoms with Gasteiger partial charge in [0.1, 0.15) is 5.60 Å². The number of fused-ring (bicyclic) bond motifs is 1. The Morgan fingerprint density at radius 2 is 1.96 bits per heavy atom. The van der Waals surface area contributed by atoms with Gasteiger partial charge in [0.25, 0.3) is 0 Å². The second kappa shape index (κ2) is 7.20. The Hall–Kier alpha value is -1.82. The van der Waals surface area contributed by atoms with Gasteiger partial charge in [-0.2, -0.15) is 0 Å². The van der Waals surface area contributed by atoms with Gasteiger partial charge in [-0.25, -0.2) is 4.79 Å². The first-order valence-corrected chi connectivity index (χ1v) is 8.73. The Kier molecular flexibility index (Phi) is 5.62. The molecule has 0 spiro atoms. The van der Waals surface area contributed by atoms with Crippen molar-refractivity contribution in [2.24, 2.45) is 0 Å². The maximum Gasteiger partial charge on any atom is 0.411 e. The molecule has 1 aromatic rings. The molecule has 0 aliphatic carbocycles. The Balaban J connectivity index is 2.41. The molecule has 6 nitrogen and oxygen atoms in total.